The third-order valence-corrected chi connectivity index (χ3v) is 2.17. The summed E-state index contributed by atoms with van der Waals surface area (Å²) in [7, 11) is 0. The Morgan fingerprint density at radius 2 is 1.76 bits per heavy atom. The fourth-order valence-electron chi connectivity index (χ4n) is 1.21. The summed E-state index contributed by atoms with van der Waals surface area (Å²) in [4.78, 5) is 22.8. The van der Waals surface area contributed by atoms with Gasteiger partial charge in [0, 0.05) is 0 Å². The lowest BCUT2D eigenvalue weighted by molar-refractivity contribution is -0.169. The van der Waals surface area contributed by atoms with Gasteiger partial charge in [0.2, 0.25) is 5.54 Å². The average molecular weight is 246 g/mol. The van der Waals surface area contributed by atoms with Crippen LogP contribution in [0.2, 0.25) is 0 Å². The normalized spacial score (nSPS) is 15.1. The second kappa shape index (κ2) is 5.97. The minimum atomic E-state index is -1.98. The van der Waals surface area contributed by atoms with Crippen LogP contribution in [0.15, 0.2) is 0 Å². The van der Waals surface area contributed by atoms with Crippen LogP contribution < -0.4 is 11.5 Å². The monoisotopic (exact) mass is 246 g/mol. The van der Waals surface area contributed by atoms with Crippen molar-refractivity contribution in [2.24, 2.45) is 11.5 Å². The van der Waals surface area contributed by atoms with Gasteiger partial charge in [-0.25, -0.2) is 9.59 Å². The van der Waals surface area contributed by atoms with Crippen molar-refractivity contribution in [3.63, 3.8) is 0 Å². The molecule has 0 aliphatic rings. The summed E-state index contributed by atoms with van der Waals surface area (Å²) in [6.45, 7) is 5.41. The Balaban J connectivity index is 4.70. The van der Waals surface area contributed by atoms with Crippen LogP contribution in [0.4, 0.5) is 0 Å². The molecule has 0 rings (SSSR count). The van der Waals surface area contributed by atoms with Crippen LogP contribution >= 0.6 is 0 Å². The number of carboxylic acids is 1. The highest BCUT2D eigenvalue weighted by atomic mass is 16.6. The number of nitrogens with two attached hydrogens (primary N) is 2. The largest absolute Gasteiger partial charge is 0.479 e. The summed E-state index contributed by atoms with van der Waals surface area (Å²) >= 11 is 0. The van der Waals surface area contributed by atoms with E-state index in [1.54, 1.807) is 20.8 Å². The fraction of sp³-hybridized carbons (Fsp3) is 0.818. The Bertz CT molecular complexity index is 286. The third-order valence-electron chi connectivity index (χ3n) is 2.17. The van der Waals surface area contributed by atoms with E-state index >= 15 is 0 Å². The van der Waals surface area contributed by atoms with E-state index < -0.39 is 23.1 Å². The van der Waals surface area contributed by atoms with Gasteiger partial charge in [0.1, 0.15) is 5.60 Å². The summed E-state index contributed by atoms with van der Waals surface area (Å²) in [5.41, 5.74) is 8.18. The first-order valence-electron chi connectivity index (χ1n) is 5.59. The highest BCUT2D eigenvalue weighted by Crippen LogP contribution is 2.18. The van der Waals surface area contributed by atoms with Crippen molar-refractivity contribution in [2.75, 3.05) is 6.54 Å². The molecule has 0 radical (unpaired) electrons. The zero-order valence-corrected chi connectivity index (χ0v) is 10.7. The van der Waals surface area contributed by atoms with Gasteiger partial charge in [-0.15, -0.1) is 0 Å². The Morgan fingerprint density at radius 1 is 1.24 bits per heavy atom. The smallest absolute Gasteiger partial charge is 0.338 e. The SMILES string of the molecule is CC(C)(C)OC(=O)[C@](N)(CCCCN)C(=O)O. The van der Waals surface area contributed by atoms with Gasteiger partial charge in [-0.1, -0.05) is 0 Å². The molecule has 0 unspecified atom stereocenters. The molecule has 100 valence electrons. The summed E-state index contributed by atoms with van der Waals surface area (Å²) in [5, 5.41) is 9.04. The van der Waals surface area contributed by atoms with Gasteiger partial charge < -0.3 is 21.3 Å². The lowest BCUT2D eigenvalue weighted by atomic mass is 9.93. The van der Waals surface area contributed by atoms with E-state index in [0.29, 0.717) is 19.4 Å². The van der Waals surface area contributed by atoms with Crippen molar-refractivity contribution in [3.05, 3.63) is 0 Å². The maximum Gasteiger partial charge on any atom is 0.338 e. The molecule has 0 aromatic rings. The van der Waals surface area contributed by atoms with Gasteiger partial charge in [0.25, 0.3) is 0 Å². The lowest BCUT2D eigenvalue weighted by Crippen LogP contribution is -2.57. The number of rotatable bonds is 6. The molecule has 0 amide bonds. The first-order valence-corrected chi connectivity index (χ1v) is 5.59. The van der Waals surface area contributed by atoms with E-state index in [4.69, 9.17) is 21.3 Å². The Labute approximate surface area is 101 Å². The molecule has 0 aromatic heterocycles. The van der Waals surface area contributed by atoms with Gasteiger partial charge in [0.15, 0.2) is 0 Å². The lowest BCUT2D eigenvalue weighted by Gasteiger charge is -2.28. The zero-order valence-electron chi connectivity index (χ0n) is 10.7. The zero-order chi connectivity index (χ0) is 13.7. The number of ether oxygens (including phenoxy) is 1. The van der Waals surface area contributed by atoms with Crippen molar-refractivity contribution < 1.29 is 19.4 Å². The molecule has 6 heteroatoms. The van der Waals surface area contributed by atoms with Crippen molar-refractivity contribution in [1.29, 1.82) is 0 Å². The predicted octanol–water partition coefficient (Wildman–Crippen LogP) is 0.239. The highest BCUT2D eigenvalue weighted by molar-refractivity contribution is 6.03. The Hall–Kier alpha value is -1.14. The van der Waals surface area contributed by atoms with Gasteiger partial charge in [-0.05, 0) is 46.6 Å². The van der Waals surface area contributed by atoms with E-state index in [0.717, 1.165) is 0 Å². The topological polar surface area (TPSA) is 116 Å². The molecule has 0 saturated heterocycles. The summed E-state index contributed by atoms with van der Waals surface area (Å²) in [6.07, 6.45) is 1.11. The van der Waals surface area contributed by atoms with Crippen LogP contribution in [0.5, 0.6) is 0 Å². The standard InChI is InChI=1S/C11H22N2O4/c1-10(2,3)17-9(16)11(13,8(14)15)6-4-5-7-12/h4-7,12-13H2,1-3H3,(H,14,15)/t11-/m0/s1. The summed E-state index contributed by atoms with van der Waals surface area (Å²) < 4.78 is 5.02. The van der Waals surface area contributed by atoms with Crippen molar-refractivity contribution in [3.8, 4) is 0 Å². The average Bonchev–Trinajstić information content (AvgIpc) is 2.14. The molecule has 0 bridgehead atoms. The quantitative estimate of drug-likeness (QED) is 0.351. The number of carbonyl (C=O) groups excluding carboxylic acids is 1. The molecule has 6 nitrogen and oxygen atoms in total. The van der Waals surface area contributed by atoms with Gasteiger partial charge in [0.05, 0.1) is 0 Å². The van der Waals surface area contributed by atoms with Crippen LogP contribution in [0, 0.1) is 0 Å². The maximum atomic E-state index is 11.8. The molecule has 0 aliphatic carbocycles. The molecule has 0 spiro atoms. The first-order chi connectivity index (χ1) is 7.63. The van der Waals surface area contributed by atoms with E-state index in [2.05, 4.69) is 0 Å². The predicted molar refractivity (Wildman–Crippen MR) is 63.3 cm³/mol. The van der Waals surface area contributed by atoms with E-state index in [1.807, 2.05) is 0 Å². The van der Waals surface area contributed by atoms with Crippen molar-refractivity contribution in [2.45, 2.75) is 51.2 Å². The molecule has 5 N–H and O–H groups in total. The maximum absolute atomic E-state index is 11.8. The number of carbonyl (C=O) groups is 2. The third kappa shape index (κ3) is 5.14. The van der Waals surface area contributed by atoms with Crippen LogP contribution in [0.25, 0.3) is 0 Å². The number of hydrogen-bond donors (Lipinski definition) is 3. The molecule has 0 aromatic carbocycles. The van der Waals surface area contributed by atoms with Crippen LogP contribution in [-0.4, -0.2) is 34.7 Å². The number of carboxylic acid groups (broad SMARTS) is 1. The molecule has 0 aliphatic heterocycles. The second-order valence-corrected chi connectivity index (χ2v) is 5.02. The van der Waals surface area contributed by atoms with E-state index in [-0.39, 0.29) is 6.42 Å². The molecular formula is C11H22N2O4. The van der Waals surface area contributed by atoms with Gasteiger partial charge >= 0.3 is 11.9 Å². The van der Waals surface area contributed by atoms with Gasteiger partial charge in [-0.3, -0.25) is 0 Å². The number of esters is 1. The van der Waals surface area contributed by atoms with Gasteiger partial charge in [-0.2, -0.15) is 0 Å². The van der Waals surface area contributed by atoms with Crippen LogP contribution in [0.3, 0.4) is 0 Å². The van der Waals surface area contributed by atoms with E-state index in [1.165, 1.54) is 0 Å². The summed E-state index contributed by atoms with van der Waals surface area (Å²) in [5.74, 6) is -2.28. The number of unbranched alkanes of at least 4 members (excludes halogenated alkanes) is 1. The fourth-order valence-corrected chi connectivity index (χ4v) is 1.21. The van der Waals surface area contributed by atoms with Crippen LogP contribution in [0.1, 0.15) is 40.0 Å². The number of hydrogen-bond acceptors (Lipinski definition) is 5. The van der Waals surface area contributed by atoms with E-state index in [9.17, 15) is 9.59 Å². The van der Waals surface area contributed by atoms with Crippen molar-refractivity contribution in [1.82, 2.24) is 0 Å². The molecular weight excluding hydrogens is 224 g/mol. The molecule has 1 atom stereocenters. The minimum absolute atomic E-state index is 0.0223. The summed E-state index contributed by atoms with van der Waals surface area (Å²) in [6, 6.07) is 0. The Kier molecular flexibility index (Phi) is 5.57. The second-order valence-electron chi connectivity index (χ2n) is 5.02. The highest BCUT2D eigenvalue weighted by Gasteiger charge is 2.44. The minimum Gasteiger partial charge on any atom is -0.479 e. The van der Waals surface area contributed by atoms with Crippen molar-refractivity contribution >= 4 is 11.9 Å². The molecule has 0 saturated carbocycles. The number of aliphatic carboxylic acids is 1. The first kappa shape index (κ1) is 15.9. The van der Waals surface area contributed by atoms with Crippen LogP contribution in [-0.2, 0) is 14.3 Å². The molecule has 0 heterocycles. The molecule has 17 heavy (non-hydrogen) atoms. The Morgan fingerprint density at radius 3 is 2.12 bits per heavy atom. The molecule has 0 fully saturated rings.